The summed E-state index contributed by atoms with van der Waals surface area (Å²) in [5.41, 5.74) is 0.997. The molecule has 21 heavy (non-hydrogen) atoms. The lowest BCUT2D eigenvalue weighted by Crippen LogP contribution is -2.30. The number of unbranched alkanes of at least 4 members (excludes halogenated alkanes) is 2. The number of benzene rings is 1. The minimum Gasteiger partial charge on any atom is -0.492 e. The molecule has 1 aromatic carbocycles. The van der Waals surface area contributed by atoms with Gasteiger partial charge in [0.05, 0.1) is 0 Å². The second kappa shape index (κ2) is 8.71. The summed E-state index contributed by atoms with van der Waals surface area (Å²) >= 11 is 0. The number of aliphatic hydroxyl groups excluding tert-OH is 1. The Kier molecular flexibility index (Phi) is 6.59. The third-order valence-corrected chi connectivity index (χ3v) is 3.89. The van der Waals surface area contributed by atoms with Crippen molar-refractivity contribution in [3.05, 3.63) is 29.8 Å². The van der Waals surface area contributed by atoms with Gasteiger partial charge in [-0.05, 0) is 57.5 Å². The molecule has 1 aliphatic heterocycles. The first kappa shape index (κ1) is 15.9. The van der Waals surface area contributed by atoms with Crippen molar-refractivity contribution in [3.63, 3.8) is 0 Å². The Labute approximate surface area is 127 Å². The van der Waals surface area contributed by atoms with Gasteiger partial charge in [-0.3, -0.25) is 0 Å². The number of hydrogen-bond acceptors (Lipinski definition) is 3. The van der Waals surface area contributed by atoms with Crippen LogP contribution in [0.2, 0.25) is 0 Å². The summed E-state index contributed by atoms with van der Waals surface area (Å²) in [6.45, 7) is 2.18. The molecule has 2 rings (SSSR count). The third kappa shape index (κ3) is 5.41. The molecule has 0 bridgehead atoms. The lowest BCUT2D eigenvalue weighted by molar-refractivity contribution is 0.198. The van der Waals surface area contributed by atoms with E-state index in [2.05, 4.69) is 23.8 Å². The van der Waals surface area contributed by atoms with Gasteiger partial charge in [0, 0.05) is 24.6 Å². The van der Waals surface area contributed by atoms with E-state index >= 15 is 0 Å². The molecule has 0 aromatic heterocycles. The summed E-state index contributed by atoms with van der Waals surface area (Å²) < 4.78 is 5.90. The summed E-state index contributed by atoms with van der Waals surface area (Å²) in [6, 6.07) is 8.54. The Morgan fingerprint density at radius 2 is 2.29 bits per heavy atom. The van der Waals surface area contributed by atoms with Crippen LogP contribution in [0.1, 0.15) is 37.7 Å². The largest absolute Gasteiger partial charge is 0.492 e. The second-order valence-electron chi connectivity index (χ2n) is 5.60. The van der Waals surface area contributed by atoms with Crippen molar-refractivity contribution in [3.8, 4) is 17.6 Å². The van der Waals surface area contributed by atoms with Gasteiger partial charge in [-0.2, -0.15) is 0 Å². The fourth-order valence-corrected chi connectivity index (χ4v) is 2.54. The third-order valence-electron chi connectivity index (χ3n) is 3.89. The lowest BCUT2D eigenvalue weighted by Gasteiger charge is -2.19. The predicted molar refractivity (Wildman–Crippen MR) is 85.4 cm³/mol. The molecule has 3 heteroatoms. The summed E-state index contributed by atoms with van der Waals surface area (Å²) in [5.74, 6) is 7.20. The fraction of sp³-hybridized carbons (Fsp3) is 0.556. The first-order valence-electron chi connectivity index (χ1n) is 7.82. The van der Waals surface area contributed by atoms with Crippen LogP contribution >= 0.6 is 0 Å². The van der Waals surface area contributed by atoms with Gasteiger partial charge in [-0.25, -0.2) is 0 Å². The molecular weight excluding hydrogens is 262 g/mol. The van der Waals surface area contributed by atoms with Crippen LogP contribution in [0.25, 0.3) is 0 Å². The highest BCUT2D eigenvalue weighted by Gasteiger charge is 2.21. The standard InChI is InChI=1S/C18H25NO2/c1-19-12-7-10-17(19)15-21-18-11-6-9-16(14-18)8-4-2-3-5-13-20/h6,9,11,14,17,20H,2-3,5,7,10,12-13,15H2,1H3/t17-/m0/s1. The van der Waals surface area contributed by atoms with Crippen molar-refractivity contribution < 1.29 is 9.84 Å². The Hall–Kier alpha value is -1.50. The summed E-state index contributed by atoms with van der Waals surface area (Å²) in [5, 5.41) is 8.72. The Morgan fingerprint density at radius 1 is 1.38 bits per heavy atom. The zero-order valence-corrected chi connectivity index (χ0v) is 12.8. The average molecular weight is 287 g/mol. The summed E-state index contributed by atoms with van der Waals surface area (Å²) in [7, 11) is 2.16. The van der Waals surface area contributed by atoms with E-state index in [1.165, 1.54) is 19.4 Å². The highest BCUT2D eigenvalue weighted by atomic mass is 16.5. The minimum absolute atomic E-state index is 0.251. The number of likely N-dealkylation sites (N-methyl/N-ethyl adjacent to an activating group) is 1. The van der Waals surface area contributed by atoms with Crippen molar-refractivity contribution in [2.75, 3.05) is 26.8 Å². The smallest absolute Gasteiger partial charge is 0.120 e. The SMILES string of the molecule is CN1CCC[C@H]1COc1cccc(C#CCCCCO)c1. The van der Waals surface area contributed by atoms with Gasteiger partial charge in [0.2, 0.25) is 0 Å². The normalized spacial score (nSPS) is 18.3. The van der Waals surface area contributed by atoms with Crippen LogP contribution in [0.15, 0.2) is 24.3 Å². The molecule has 1 aromatic rings. The zero-order chi connectivity index (χ0) is 14.9. The van der Waals surface area contributed by atoms with Crippen LogP contribution in [-0.2, 0) is 0 Å². The van der Waals surface area contributed by atoms with Gasteiger partial charge >= 0.3 is 0 Å². The molecule has 0 spiro atoms. The van der Waals surface area contributed by atoms with E-state index in [9.17, 15) is 0 Å². The Balaban J connectivity index is 1.82. The van der Waals surface area contributed by atoms with Gasteiger partial charge in [-0.1, -0.05) is 17.9 Å². The quantitative estimate of drug-likeness (QED) is 0.645. The Morgan fingerprint density at radius 3 is 3.05 bits per heavy atom. The molecule has 0 amide bonds. The van der Waals surface area contributed by atoms with Crippen molar-refractivity contribution in [1.82, 2.24) is 4.90 Å². The van der Waals surface area contributed by atoms with E-state index < -0.39 is 0 Å². The van der Waals surface area contributed by atoms with Crippen LogP contribution in [0.3, 0.4) is 0 Å². The highest BCUT2D eigenvalue weighted by Crippen LogP contribution is 2.18. The van der Waals surface area contributed by atoms with Crippen LogP contribution in [0.4, 0.5) is 0 Å². The highest BCUT2D eigenvalue weighted by molar-refractivity contribution is 5.39. The molecule has 0 radical (unpaired) electrons. The topological polar surface area (TPSA) is 32.7 Å². The predicted octanol–water partition coefficient (Wildman–Crippen LogP) is 2.67. The van der Waals surface area contributed by atoms with Crippen LogP contribution in [0, 0.1) is 11.8 Å². The van der Waals surface area contributed by atoms with Crippen LogP contribution in [0.5, 0.6) is 5.75 Å². The maximum Gasteiger partial charge on any atom is 0.120 e. The van der Waals surface area contributed by atoms with E-state index in [1.54, 1.807) is 0 Å². The monoisotopic (exact) mass is 287 g/mol. The van der Waals surface area contributed by atoms with Gasteiger partial charge in [0.1, 0.15) is 12.4 Å². The van der Waals surface area contributed by atoms with E-state index in [0.717, 1.165) is 37.2 Å². The van der Waals surface area contributed by atoms with E-state index in [4.69, 9.17) is 9.84 Å². The van der Waals surface area contributed by atoms with Gasteiger partial charge in [-0.15, -0.1) is 0 Å². The van der Waals surface area contributed by atoms with Crippen molar-refractivity contribution in [2.24, 2.45) is 0 Å². The van der Waals surface area contributed by atoms with E-state index in [1.807, 2.05) is 24.3 Å². The molecule has 0 aliphatic carbocycles. The second-order valence-corrected chi connectivity index (χ2v) is 5.60. The molecular formula is C18H25NO2. The molecule has 1 aliphatic rings. The number of likely N-dealkylation sites (tertiary alicyclic amines) is 1. The van der Waals surface area contributed by atoms with Crippen molar-refractivity contribution in [1.29, 1.82) is 0 Å². The molecule has 1 N–H and O–H groups in total. The fourth-order valence-electron chi connectivity index (χ4n) is 2.54. The Bertz CT molecular complexity index is 489. The zero-order valence-electron chi connectivity index (χ0n) is 12.8. The van der Waals surface area contributed by atoms with Gasteiger partial charge in [0.25, 0.3) is 0 Å². The van der Waals surface area contributed by atoms with Crippen LogP contribution in [-0.4, -0.2) is 42.9 Å². The minimum atomic E-state index is 0.251. The molecule has 0 saturated carbocycles. The average Bonchev–Trinajstić information content (AvgIpc) is 2.91. The number of nitrogens with zero attached hydrogens (tertiary/aromatic N) is 1. The molecule has 1 fully saturated rings. The summed E-state index contributed by atoms with van der Waals surface area (Å²) in [6.07, 6.45) is 5.10. The van der Waals surface area contributed by atoms with Crippen LogP contribution < -0.4 is 4.74 Å². The number of ether oxygens (including phenoxy) is 1. The first-order chi connectivity index (χ1) is 10.3. The number of hydrogen-bond donors (Lipinski definition) is 1. The van der Waals surface area contributed by atoms with Crippen molar-refractivity contribution >= 4 is 0 Å². The van der Waals surface area contributed by atoms with Crippen molar-refractivity contribution in [2.45, 2.75) is 38.1 Å². The summed E-state index contributed by atoms with van der Waals surface area (Å²) in [4.78, 5) is 2.37. The van der Waals surface area contributed by atoms with E-state index in [0.29, 0.717) is 6.04 Å². The molecule has 114 valence electrons. The van der Waals surface area contributed by atoms with Gasteiger partial charge in [0.15, 0.2) is 0 Å². The van der Waals surface area contributed by atoms with Gasteiger partial charge < -0.3 is 14.7 Å². The first-order valence-corrected chi connectivity index (χ1v) is 7.82. The molecule has 1 heterocycles. The molecule has 3 nitrogen and oxygen atoms in total. The van der Waals surface area contributed by atoms with E-state index in [-0.39, 0.29) is 6.61 Å². The maximum atomic E-state index is 8.72. The lowest BCUT2D eigenvalue weighted by atomic mass is 10.2. The number of aliphatic hydroxyl groups is 1. The molecule has 0 unspecified atom stereocenters. The number of rotatable bonds is 6. The molecule has 1 saturated heterocycles. The maximum absolute atomic E-state index is 8.72. The molecule has 1 atom stereocenters.